The number of nitrogens with zero attached hydrogens (tertiary/aromatic N) is 2. The molecule has 1 fully saturated rings. The van der Waals surface area contributed by atoms with Crippen molar-refractivity contribution in [2.75, 3.05) is 12.4 Å². The molecule has 0 aromatic carbocycles. The standard InChI is InChI=1S/C13H16N2O5S/c1-6(2)14-9-11(17)15-10(13(18)19)8(4-20-7(3)16)5-21-12(9)15/h9,12H,4-5H2,1-3H3,(H,18,19)/t9?,12-/m1/s1. The summed E-state index contributed by atoms with van der Waals surface area (Å²) in [5.41, 5.74) is 1.13. The van der Waals surface area contributed by atoms with Crippen LogP contribution < -0.4 is 0 Å². The minimum Gasteiger partial charge on any atom is -0.477 e. The Kier molecular flexibility index (Phi) is 4.36. The highest BCUT2D eigenvalue weighted by Crippen LogP contribution is 2.41. The van der Waals surface area contributed by atoms with Crippen molar-refractivity contribution in [3.8, 4) is 0 Å². The van der Waals surface area contributed by atoms with Gasteiger partial charge >= 0.3 is 11.9 Å². The molecule has 2 atom stereocenters. The average Bonchev–Trinajstić information content (AvgIpc) is 2.40. The molecule has 8 heteroatoms. The number of amides is 1. The SMILES string of the molecule is CC(=O)OCC1=C(C(=O)O)N2C(=O)C(N=C(C)C)[C@H]2SC1. The van der Waals surface area contributed by atoms with Gasteiger partial charge in [-0.25, -0.2) is 4.79 Å². The quantitative estimate of drug-likeness (QED) is 0.465. The van der Waals surface area contributed by atoms with E-state index < -0.39 is 18.0 Å². The second kappa shape index (κ2) is 5.88. The van der Waals surface area contributed by atoms with E-state index in [0.29, 0.717) is 11.3 Å². The number of ether oxygens (including phenoxy) is 1. The van der Waals surface area contributed by atoms with E-state index in [2.05, 4.69) is 4.99 Å². The number of rotatable bonds is 4. The van der Waals surface area contributed by atoms with Crippen LogP contribution in [0.4, 0.5) is 0 Å². The molecule has 7 nitrogen and oxygen atoms in total. The number of β-lactam (4-membered cyclic amide) rings is 1. The van der Waals surface area contributed by atoms with E-state index in [1.54, 1.807) is 13.8 Å². The van der Waals surface area contributed by atoms with Crippen LogP contribution in [0.5, 0.6) is 0 Å². The molecule has 1 N–H and O–H groups in total. The van der Waals surface area contributed by atoms with E-state index in [0.717, 1.165) is 5.71 Å². The van der Waals surface area contributed by atoms with Crippen LogP contribution >= 0.6 is 11.8 Å². The molecule has 1 saturated heterocycles. The molecule has 1 amide bonds. The average molecular weight is 312 g/mol. The van der Waals surface area contributed by atoms with Crippen molar-refractivity contribution < 1.29 is 24.2 Å². The number of carboxylic acids is 1. The van der Waals surface area contributed by atoms with Crippen molar-refractivity contribution >= 4 is 35.3 Å². The molecule has 0 aromatic rings. The third-order valence-corrected chi connectivity index (χ3v) is 4.39. The lowest BCUT2D eigenvalue weighted by Crippen LogP contribution is -2.64. The van der Waals surface area contributed by atoms with Crippen molar-refractivity contribution in [2.24, 2.45) is 4.99 Å². The zero-order chi connectivity index (χ0) is 15.7. The fourth-order valence-corrected chi connectivity index (χ4v) is 3.54. The van der Waals surface area contributed by atoms with Gasteiger partial charge in [-0.2, -0.15) is 0 Å². The highest BCUT2D eigenvalue weighted by molar-refractivity contribution is 8.00. The van der Waals surface area contributed by atoms with E-state index >= 15 is 0 Å². The van der Waals surface area contributed by atoms with E-state index in [1.807, 2.05) is 0 Å². The predicted molar refractivity (Wildman–Crippen MR) is 77.0 cm³/mol. The third-order valence-electron chi connectivity index (χ3n) is 3.07. The fourth-order valence-electron chi connectivity index (χ4n) is 2.23. The smallest absolute Gasteiger partial charge is 0.352 e. The maximum Gasteiger partial charge on any atom is 0.352 e. The Labute approximate surface area is 126 Å². The van der Waals surface area contributed by atoms with Crippen LogP contribution in [0.2, 0.25) is 0 Å². The van der Waals surface area contributed by atoms with Gasteiger partial charge in [-0.15, -0.1) is 11.8 Å². The predicted octanol–water partition coefficient (Wildman–Crippen LogP) is 0.653. The summed E-state index contributed by atoms with van der Waals surface area (Å²) in [6.07, 6.45) is 0. The number of hydrogen-bond acceptors (Lipinski definition) is 6. The van der Waals surface area contributed by atoms with Gasteiger partial charge in [0.2, 0.25) is 0 Å². The van der Waals surface area contributed by atoms with Crippen LogP contribution in [-0.4, -0.2) is 57.3 Å². The fraction of sp³-hybridized carbons (Fsp3) is 0.538. The molecule has 2 rings (SSSR count). The normalized spacial score (nSPS) is 24.1. The van der Waals surface area contributed by atoms with Crippen LogP contribution in [0.3, 0.4) is 0 Å². The highest BCUT2D eigenvalue weighted by atomic mass is 32.2. The van der Waals surface area contributed by atoms with Gasteiger partial charge in [0.25, 0.3) is 5.91 Å². The molecular weight excluding hydrogens is 296 g/mol. The lowest BCUT2D eigenvalue weighted by Gasteiger charge is -2.47. The molecule has 2 aliphatic heterocycles. The van der Waals surface area contributed by atoms with Gasteiger partial charge in [0, 0.05) is 24.0 Å². The molecule has 0 radical (unpaired) electrons. The van der Waals surface area contributed by atoms with Crippen LogP contribution in [0.15, 0.2) is 16.3 Å². The second-order valence-electron chi connectivity index (χ2n) is 4.97. The van der Waals surface area contributed by atoms with E-state index in [1.165, 1.54) is 23.6 Å². The van der Waals surface area contributed by atoms with Crippen molar-refractivity contribution in [3.05, 3.63) is 11.3 Å². The van der Waals surface area contributed by atoms with Gasteiger partial charge in [-0.1, -0.05) is 0 Å². The number of carbonyl (C=O) groups is 3. The van der Waals surface area contributed by atoms with E-state index in [9.17, 15) is 19.5 Å². The van der Waals surface area contributed by atoms with Crippen LogP contribution in [0, 0.1) is 0 Å². The first-order valence-electron chi connectivity index (χ1n) is 6.37. The van der Waals surface area contributed by atoms with Crippen molar-refractivity contribution in [1.82, 2.24) is 4.90 Å². The lowest BCUT2D eigenvalue weighted by molar-refractivity contribution is -0.148. The minimum atomic E-state index is -1.19. The summed E-state index contributed by atoms with van der Waals surface area (Å²) in [4.78, 5) is 39.9. The maximum absolute atomic E-state index is 12.1. The van der Waals surface area contributed by atoms with Gasteiger partial charge < -0.3 is 9.84 Å². The van der Waals surface area contributed by atoms with Gasteiger partial charge in [-0.3, -0.25) is 19.5 Å². The highest BCUT2D eigenvalue weighted by Gasteiger charge is 2.53. The Balaban J connectivity index is 2.26. The number of carbonyl (C=O) groups excluding carboxylic acids is 2. The van der Waals surface area contributed by atoms with Crippen LogP contribution in [-0.2, 0) is 19.1 Å². The number of fused-ring (bicyclic) bond motifs is 1. The molecule has 1 unspecified atom stereocenters. The number of carboxylic acid groups (broad SMARTS) is 1. The molecule has 0 bridgehead atoms. The van der Waals surface area contributed by atoms with Crippen LogP contribution in [0.25, 0.3) is 0 Å². The van der Waals surface area contributed by atoms with Crippen molar-refractivity contribution in [2.45, 2.75) is 32.2 Å². The summed E-state index contributed by atoms with van der Waals surface area (Å²) >= 11 is 1.43. The Hall–Kier alpha value is -1.83. The molecule has 21 heavy (non-hydrogen) atoms. The van der Waals surface area contributed by atoms with Crippen molar-refractivity contribution in [3.63, 3.8) is 0 Å². The van der Waals surface area contributed by atoms with Gasteiger partial charge in [-0.05, 0) is 13.8 Å². The first-order chi connectivity index (χ1) is 9.82. The lowest BCUT2D eigenvalue weighted by atomic mass is 10.0. The molecule has 0 spiro atoms. The summed E-state index contributed by atoms with van der Waals surface area (Å²) < 4.78 is 4.86. The second-order valence-corrected chi connectivity index (χ2v) is 6.07. The summed E-state index contributed by atoms with van der Waals surface area (Å²) in [6.45, 7) is 4.73. The largest absolute Gasteiger partial charge is 0.477 e. The molecule has 0 saturated carbocycles. The summed E-state index contributed by atoms with van der Waals surface area (Å²) in [5.74, 6) is -1.60. The number of thioether (sulfide) groups is 1. The molecule has 0 aliphatic carbocycles. The Bertz CT molecular complexity index is 565. The maximum atomic E-state index is 12.1. The molecular formula is C13H16N2O5S. The third kappa shape index (κ3) is 2.94. The summed E-state index contributed by atoms with van der Waals surface area (Å²) in [6, 6.07) is -0.523. The minimum absolute atomic E-state index is 0.0785. The van der Waals surface area contributed by atoms with Gasteiger partial charge in [0.1, 0.15) is 17.7 Å². The number of aliphatic imine (C=N–C) groups is 1. The first-order valence-corrected chi connectivity index (χ1v) is 7.42. The first kappa shape index (κ1) is 15.6. The molecule has 114 valence electrons. The van der Waals surface area contributed by atoms with Crippen molar-refractivity contribution in [1.29, 1.82) is 0 Å². The number of hydrogen-bond donors (Lipinski definition) is 1. The summed E-state index contributed by atoms with van der Waals surface area (Å²) in [5, 5.41) is 9.05. The molecule has 2 aliphatic rings. The number of aliphatic carboxylic acids is 1. The van der Waals surface area contributed by atoms with Crippen LogP contribution in [0.1, 0.15) is 20.8 Å². The molecule has 2 heterocycles. The Morgan fingerprint density at radius 3 is 2.62 bits per heavy atom. The number of esters is 1. The van der Waals surface area contributed by atoms with E-state index in [4.69, 9.17) is 4.74 Å². The molecule has 0 aromatic heterocycles. The monoisotopic (exact) mass is 312 g/mol. The Morgan fingerprint density at radius 1 is 1.43 bits per heavy atom. The summed E-state index contributed by atoms with van der Waals surface area (Å²) in [7, 11) is 0. The Morgan fingerprint density at radius 2 is 2.10 bits per heavy atom. The van der Waals surface area contributed by atoms with E-state index in [-0.39, 0.29) is 23.6 Å². The van der Waals surface area contributed by atoms with Gasteiger partial charge in [0.05, 0.1) is 0 Å². The topological polar surface area (TPSA) is 96.3 Å². The van der Waals surface area contributed by atoms with Gasteiger partial charge in [0.15, 0.2) is 6.04 Å². The zero-order valence-corrected chi connectivity index (χ0v) is 12.8. The zero-order valence-electron chi connectivity index (χ0n) is 12.0.